The van der Waals surface area contributed by atoms with Crippen molar-refractivity contribution < 1.29 is 9.47 Å². The topological polar surface area (TPSA) is 18.5 Å². The van der Waals surface area contributed by atoms with E-state index in [0.29, 0.717) is 0 Å². The van der Waals surface area contributed by atoms with Gasteiger partial charge in [0.2, 0.25) is 0 Å². The van der Waals surface area contributed by atoms with Crippen molar-refractivity contribution in [2.75, 3.05) is 13.2 Å². The van der Waals surface area contributed by atoms with Crippen molar-refractivity contribution >= 4 is 11.6 Å². The van der Waals surface area contributed by atoms with Gasteiger partial charge in [-0.2, -0.15) is 0 Å². The highest BCUT2D eigenvalue weighted by Crippen LogP contribution is 2.34. The lowest BCUT2D eigenvalue weighted by atomic mass is 9.87. The average Bonchev–Trinajstić information content (AvgIpc) is 2.31. The highest BCUT2D eigenvalue weighted by Gasteiger charge is 2.32. The van der Waals surface area contributed by atoms with Crippen molar-refractivity contribution in [1.82, 2.24) is 0 Å². The molecule has 0 unspecified atom stereocenters. The molecule has 0 aliphatic carbocycles. The van der Waals surface area contributed by atoms with Crippen LogP contribution >= 0.6 is 11.6 Å². The standard InChI is InChI=1S/C14H19ClO2/c1-3-8-14(2)9-16-13(17-10-14)11-4-6-12(15)7-5-11/h4-7,13H,3,8-10H2,1-2H3. The van der Waals surface area contributed by atoms with Gasteiger partial charge < -0.3 is 9.47 Å². The fourth-order valence-electron chi connectivity index (χ4n) is 2.20. The molecule has 3 heteroatoms. The molecule has 0 N–H and O–H groups in total. The fourth-order valence-corrected chi connectivity index (χ4v) is 2.33. The number of benzene rings is 1. The molecule has 1 fully saturated rings. The molecule has 1 aliphatic heterocycles. The first-order valence-corrected chi connectivity index (χ1v) is 6.49. The Bertz CT molecular complexity index is 353. The van der Waals surface area contributed by atoms with Gasteiger partial charge in [0.1, 0.15) is 0 Å². The van der Waals surface area contributed by atoms with E-state index < -0.39 is 0 Å². The van der Waals surface area contributed by atoms with E-state index in [0.717, 1.165) is 36.6 Å². The number of halogens is 1. The molecule has 94 valence electrons. The first-order valence-electron chi connectivity index (χ1n) is 6.12. The molecular formula is C14H19ClO2. The van der Waals surface area contributed by atoms with E-state index in [4.69, 9.17) is 21.1 Å². The minimum atomic E-state index is -0.239. The predicted octanol–water partition coefficient (Wildman–Crippen LogP) is 4.19. The first kappa shape index (κ1) is 12.9. The summed E-state index contributed by atoms with van der Waals surface area (Å²) in [4.78, 5) is 0. The van der Waals surface area contributed by atoms with Crippen LogP contribution in [0.5, 0.6) is 0 Å². The lowest BCUT2D eigenvalue weighted by Crippen LogP contribution is -2.36. The van der Waals surface area contributed by atoms with Crippen molar-refractivity contribution in [3.8, 4) is 0 Å². The SMILES string of the molecule is CCCC1(C)COC(c2ccc(Cl)cc2)OC1. The zero-order valence-electron chi connectivity index (χ0n) is 10.4. The maximum absolute atomic E-state index is 5.86. The molecule has 0 spiro atoms. The summed E-state index contributed by atoms with van der Waals surface area (Å²) in [6.45, 7) is 5.92. The van der Waals surface area contributed by atoms with Gasteiger partial charge in [-0.3, -0.25) is 0 Å². The lowest BCUT2D eigenvalue weighted by molar-refractivity contribution is -0.231. The Morgan fingerprint density at radius 1 is 1.24 bits per heavy atom. The molecule has 0 saturated carbocycles. The monoisotopic (exact) mass is 254 g/mol. The van der Waals surface area contributed by atoms with E-state index in [2.05, 4.69) is 13.8 Å². The quantitative estimate of drug-likeness (QED) is 0.805. The Hall–Kier alpha value is -0.570. The number of ether oxygens (including phenoxy) is 2. The van der Waals surface area contributed by atoms with Gasteiger partial charge in [0.05, 0.1) is 13.2 Å². The Morgan fingerprint density at radius 3 is 2.35 bits per heavy atom. The third-order valence-electron chi connectivity index (χ3n) is 3.16. The molecular weight excluding hydrogens is 236 g/mol. The first-order chi connectivity index (χ1) is 8.13. The molecule has 1 saturated heterocycles. The number of rotatable bonds is 3. The third-order valence-corrected chi connectivity index (χ3v) is 3.41. The maximum Gasteiger partial charge on any atom is 0.183 e. The van der Waals surface area contributed by atoms with Crippen molar-refractivity contribution in [3.05, 3.63) is 34.9 Å². The molecule has 1 aromatic rings. The summed E-state index contributed by atoms with van der Waals surface area (Å²) in [7, 11) is 0. The van der Waals surface area contributed by atoms with E-state index >= 15 is 0 Å². The molecule has 1 heterocycles. The maximum atomic E-state index is 5.86. The van der Waals surface area contributed by atoms with Crippen molar-refractivity contribution in [1.29, 1.82) is 0 Å². The number of hydrogen-bond acceptors (Lipinski definition) is 2. The van der Waals surface area contributed by atoms with E-state index in [1.165, 1.54) is 0 Å². The molecule has 1 aliphatic rings. The van der Waals surface area contributed by atoms with Crippen LogP contribution in [0.4, 0.5) is 0 Å². The predicted molar refractivity (Wildman–Crippen MR) is 69.1 cm³/mol. The molecule has 0 radical (unpaired) electrons. The van der Waals surface area contributed by atoms with Crippen LogP contribution in [0.2, 0.25) is 5.02 Å². The normalized spacial score (nSPS) is 29.2. The second-order valence-corrected chi connectivity index (χ2v) is 5.50. The van der Waals surface area contributed by atoms with Crippen LogP contribution in [0.1, 0.15) is 38.5 Å². The Balaban J connectivity index is 1.97. The van der Waals surface area contributed by atoms with E-state index in [1.807, 2.05) is 24.3 Å². The Morgan fingerprint density at radius 2 is 1.82 bits per heavy atom. The van der Waals surface area contributed by atoms with Crippen LogP contribution in [0.15, 0.2) is 24.3 Å². The second-order valence-electron chi connectivity index (χ2n) is 5.07. The third kappa shape index (κ3) is 3.21. The van der Waals surface area contributed by atoms with E-state index in [1.54, 1.807) is 0 Å². The second kappa shape index (κ2) is 5.38. The van der Waals surface area contributed by atoms with Crippen LogP contribution in [-0.2, 0) is 9.47 Å². The minimum absolute atomic E-state index is 0.164. The Kier molecular flexibility index (Phi) is 4.08. The zero-order chi connectivity index (χ0) is 12.3. The van der Waals surface area contributed by atoms with Gasteiger partial charge in [-0.05, 0) is 18.6 Å². The Labute approximate surface area is 108 Å². The molecule has 0 amide bonds. The molecule has 1 aromatic carbocycles. The van der Waals surface area contributed by atoms with Gasteiger partial charge in [-0.1, -0.05) is 44.0 Å². The van der Waals surface area contributed by atoms with Gasteiger partial charge >= 0.3 is 0 Å². The van der Waals surface area contributed by atoms with Crippen LogP contribution in [-0.4, -0.2) is 13.2 Å². The van der Waals surface area contributed by atoms with Crippen molar-refractivity contribution in [3.63, 3.8) is 0 Å². The highest BCUT2D eigenvalue weighted by molar-refractivity contribution is 6.30. The fraction of sp³-hybridized carbons (Fsp3) is 0.571. The molecule has 2 rings (SSSR count). The summed E-state index contributed by atoms with van der Waals surface area (Å²) in [5.41, 5.74) is 1.20. The van der Waals surface area contributed by atoms with Gasteiger partial charge in [0.15, 0.2) is 6.29 Å². The molecule has 2 nitrogen and oxygen atoms in total. The van der Waals surface area contributed by atoms with Gasteiger partial charge in [-0.25, -0.2) is 0 Å². The van der Waals surface area contributed by atoms with Gasteiger partial charge in [-0.15, -0.1) is 0 Å². The highest BCUT2D eigenvalue weighted by atomic mass is 35.5. The summed E-state index contributed by atoms with van der Waals surface area (Å²) >= 11 is 5.86. The summed E-state index contributed by atoms with van der Waals surface area (Å²) in [5, 5.41) is 0.736. The van der Waals surface area contributed by atoms with Crippen molar-refractivity contribution in [2.24, 2.45) is 5.41 Å². The zero-order valence-corrected chi connectivity index (χ0v) is 11.2. The van der Waals surface area contributed by atoms with Crippen molar-refractivity contribution in [2.45, 2.75) is 33.0 Å². The van der Waals surface area contributed by atoms with Gasteiger partial charge in [0, 0.05) is 16.0 Å². The summed E-state index contributed by atoms with van der Waals surface area (Å²) in [6.07, 6.45) is 2.06. The molecule has 17 heavy (non-hydrogen) atoms. The molecule has 0 aromatic heterocycles. The van der Waals surface area contributed by atoms with E-state index in [-0.39, 0.29) is 11.7 Å². The summed E-state index contributed by atoms with van der Waals surface area (Å²) < 4.78 is 11.6. The smallest absolute Gasteiger partial charge is 0.183 e. The van der Waals surface area contributed by atoms with Crippen LogP contribution < -0.4 is 0 Å². The van der Waals surface area contributed by atoms with Crippen LogP contribution in [0, 0.1) is 5.41 Å². The molecule has 0 atom stereocenters. The van der Waals surface area contributed by atoms with Crippen LogP contribution in [0.3, 0.4) is 0 Å². The largest absolute Gasteiger partial charge is 0.348 e. The minimum Gasteiger partial charge on any atom is -0.348 e. The van der Waals surface area contributed by atoms with E-state index in [9.17, 15) is 0 Å². The summed E-state index contributed by atoms with van der Waals surface area (Å²) in [5.74, 6) is 0. The molecule has 0 bridgehead atoms. The van der Waals surface area contributed by atoms with Crippen LogP contribution in [0.25, 0.3) is 0 Å². The average molecular weight is 255 g/mol. The summed E-state index contributed by atoms with van der Waals surface area (Å²) in [6, 6.07) is 7.64. The lowest BCUT2D eigenvalue weighted by Gasteiger charge is -2.37. The van der Waals surface area contributed by atoms with Gasteiger partial charge in [0.25, 0.3) is 0 Å². The number of hydrogen-bond donors (Lipinski definition) is 0.